The molecule has 0 radical (unpaired) electrons. The van der Waals surface area contributed by atoms with E-state index in [2.05, 4.69) is 22.2 Å². The van der Waals surface area contributed by atoms with Crippen molar-refractivity contribution in [2.75, 3.05) is 39.9 Å². The molecule has 10 nitrogen and oxygen atoms in total. The number of aromatic hydroxyl groups is 1. The Labute approximate surface area is 294 Å². The minimum Gasteiger partial charge on any atom is -0.506 e. The summed E-state index contributed by atoms with van der Waals surface area (Å²) in [5, 5.41) is 39.9. The van der Waals surface area contributed by atoms with Gasteiger partial charge in [0.1, 0.15) is 11.9 Å². The topological polar surface area (TPSA) is 144 Å². The molecular formula is C36H48FN3O7S2. The minimum atomic E-state index is -1.76. The van der Waals surface area contributed by atoms with Gasteiger partial charge in [-0.05, 0) is 92.7 Å². The first-order valence-corrected chi connectivity index (χ1v) is 18.6. The van der Waals surface area contributed by atoms with Crippen LogP contribution in [-0.2, 0) is 19.9 Å². The third-order valence-corrected chi connectivity index (χ3v) is 11.1. The number of likely N-dealkylation sites (N-methyl/N-ethyl adjacent to an activating group) is 1. The number of carbonyl (C=O) groups excluding carboxylic acids is 1. The highest BCUT2D eigenvalue weighted by molar-refractivity contribution is 7.12. The van der Waals surface area contributed by atoms with Crippen molar-refractivity contribution in [2.24, 2.45) is 0 Å². The molecule has 5 N–H and O–H groups in total. The van der Waals surface area contributed by atoms with Crippen molar-refractivity contribution in [3.63, 3.8) is 0 Å². The van der Waals surface area contributed by atoms with Crippen molar-refractivity contribution < 1.29 is 34.3 Å². The minimum absolute atomic E-state index is 0. The van der Waals surface area contributed by atoms with Gasteiger partial charge in [0.2, 0.25) is 11.2 Å². The molecule has 1 aliphatic rings. The second-order valence-electron chi connectivity index (χ2n) is 12.5. The summed E-state index contributed by atoms with van der Waals surface area (Å²) in [5.74, 6) is -0.606. The van der Waals surface area contributed by atoms with Crippen molar-refractivity contribution in [1.82, 2.24) is 15.2 Å². The molecule has 0 spiro atoms. The van der Waals surface area contributed by atoms with Gasteiger partial charge in [-0.2, -0.15) is 0 Å². The molecule has 3 aromatic heterocycles. The number of aromatic amines is 1. The van der Waals surface area contributed by atoms with E-state index in [0.717, 1.165) is 71.1 Å². The number of phenols is 1. The lowest BCUT2D eigenvalue weighted by Gasteiger charge is -2.35. The van der Waals surface area contributed by atoms with Gasteiger partial charge in [0.25, 0.3) is 0 Å². The average Bonchev–Trinajstić information content (AvgIpc) is 3.84. The first kappa shape index (κ1) is 38.6. The second-order valence-corrected chi connectivity index (χ2v) is 14.4. The quantitative estimate of drug-likeness (QED) is 0.0673. The van der Waals surface area contributed by atoms with Crippen LogP contribution in [-0.4, -0.2) is 83.2 Å². The maximum absolute atomic E-state index is 13.3. The first-order valence-electron chi connectivity index (χ1n) is 16.8. The number of benzene rings is 1. The summed E-state index contributed by atoms with van der Waals surface area (Å²) in [6.45, 7) is 3.44. The van der Waals surface area contributed by atoms with Crippen LogP contribution in [0.25, 0.3) is 10.9 Å². The molecule has 5 rings (SSSR count). The number of rotatable bonds is 18. The van der Waals surface area contributed by atoms with Crippen LogP contribution in [0.15, 0.2) is 64.1 Å². The van der Waals surface area contributed by atoms with E-state index in [0.29, 0.717) is 45.4 Å². The summed E-state index contributed by atoms with van der Waals surface area (Å²) in [4.78, 5) is 31.0. The lowest BCUT2D eigenvalue weighted by atomic mass is 9.91. The third-order valence-electron chi connectivity index (χ3n) is 9.18. The van der Waals surface area contributed by atoms with Gasteiger partial charge in [-0.15, -0.1) is 22.7 Å². The number of fused-ring (bicyclic) bond motifs is 1. The second kappa shape index (κ2) is 18.7. The van der Waals surface area contributed by atoms with Crippen LogP contribution in [0, 0.1) is 0 Å². The van der Waals surface area contributed by atoms with Crippen LogP contribution < -0.4 is 10.9 Å². The Hall–Kier alpha value is -3.17. The average molecular weight is 718 g/mol. The van der Waals surface area contributed by atoms with E-state index < -0.39 is 17.7 Å². The molecule has 0 unspecified atom stereocenters. The number of aliphatic hydroxyl groups excluding tert-OH is 1. The van der Waals surface area contributed by atoms with Crippen LogP contribution in [0.2, 0.25) is 0 Å². The number of aliphatic hydroxyl groups is 2. The van der Waals surface area contributed by atoms with E-state index in [4.69, 9.17) is 9.47 Å². The molecule has 1 saturated carbocycles. The summed E-state index contributed by atoms with van der Waals surface area (Å²) in [7, 11) is 2.13. The fourth-order valence-electron chi connectivity index (χ4n) is 6.33. The van der Waals surface area contributed by atoms with Gasteiger partial charge in [0, 0.05) is 37.2 Å². The zero-order valence-corrected chi connectivity index (χ0v) is 29.5. The summed E-state index contributed by atoms with van der Waals surface area (Å²) >= 11 is 2.71. The highest BCUT2D eigenvalue weighted by Gasteiger charge is 2.45. The maximum Gasteiger partial charge on any atom is 0.349 e. The van der Waals surface area contributed by atoms with E-state index in [1.165, 1.54) is 34.8 Å². The molecule has 1 atom stereocenters. The van der Waals surface area contributed by atoms with Gasteiger partial charge < -0.3 is 40.0 Å². The monoisotopic (exact) mass is 717 g/mol. The van der Waals surface area contributed by atoms with Crippen molar-refractivity contribution in [3.8, 4) is 5.75 Å². The normalized spacial score (nSPS) is 17.2. The number of nitrogens with one attached hydrogen (secondary N) is 2. The fraction of sp³-hybridized carbons (Fsp3) is 0.500. The number of phenolic OH excluding ortho intramolecular Hbond substituents is 1. The number of carbonyl (C=O) groups is 1. The smallest absolute Gasteiger partial charge is 0.349 e. The van der Waals surface area contributed by atoms with Gasteiger partial charge in [-0.3, -0.25) is 9.50 Å². The predicted molar refractivity (Wildman–Crippen MR) is 192 cm³/mol. The van der Waals surface area contributed by atoms with Crippen LogP contribution in [0.4, 0.5) is 4.70 Å². The summed E-state index contributed by atoms with van der Waals surface area (Å²) in [6, 6.07) is 13.8. The van der Waals surface area contributed by atoms with E-state index in [1.807, 2.05) is 22.9 Å². The molecule has 0 bridgehead atoms. The molecule has 0 aliphatic heterocycles. The van der Waals surface area contributed by atoms with Gasteiger partial charge in [0.05, 0.1) is 28.0 Å². The molecule has 13 heteroatoms. The van der Waals surface area contributed by atoms with E-state index in [-0.39, 0.29) is 22.1 Å². The number of hydrogen-bond donors (Lipinski definition) is 5. The van der Waals surface area contributed by atoms with Crippen molar-refractivity contribution in [3.05, 3.63) is 85.0 Å². The number of pyridine rings is 1. The SMILES string of the molecule is CN(CCOCCCCCCNC[C@H](O)c1ccc(O)c2[nH]c(=O)ccc12)C1CCC(OC(=O)C(O)(c2cccs2)c2cccs2)CC1.F. The standard InChI is InChI=1S/C36H47N3O7S2.FH/c1-39(25-10-12-26(13-11-25)46-35(43)36(44,31-8-6-22-47-31)32-9-7-23-48-32)19-21-45-20-5-3-2-4-18-37-24-30(41)27-14-16-29(40)34-28(27)15-17-33(42)38-34;/h6-9,14-17,22-23,25-26,30,37,40-41,44H,2-5,10-13,18-21,24H2,1H3,(H,38,42);1H/t25?,26?,30-;/m0./s1. The van der Waals surface area contributed by atoms with Crippen LogP contribution in [0.1, 0.15) is 72.8 Å². The van der Waals surface area contributed by atoms with Crippen LogP contribution >= 0.6 is 22.7 Å². The van der Waals surface area contributed by atoms with E-state index in [9.17, 15) is 24.9 Å². The number of ether oxygens (including phenoxy) is 2. The Bertz CT molecular complexity index is 1590. The molecular weight excluding hydrogens is 670 g/mol. The van der Waals surface area contributed by atoms with E-state index >= 15 is 0 Å². The number of unbranched alkanes of at least 4 members (excludes halogenated alkanes) is 3. The predicted octanol–water partition coefficient (Wildman–Crippen LogP) is 5.43. The Kier molecular flexibility index (Phi) is 14.8. The number of aromatic nitrogens is 1. The first-order chi connectivity index (χ1) is 23.3. The number of esters is 1. The van der Waals surface area contributed by atoms with Gasteiger partial charge >= 0.3 is 5.97 Å². The number of thiophene rings is 2. The van der Waals surface area contributed by atoms with Crippen LogP contribution in [0.5, 0.6) is 5.75 Å². The molecule has 3 heterocycles. The molecule has 1 fully saturated rings. The molecule has 49 heavy (non-hydrogen) atoms. The van der Waals surface area contributed by atoms with Crippen molar-refractivity contribution >= 4 is 39.5 Å². The Balaban J connectivity index is 0.00000541. The lowest BCUT2D eigenvalue weighted by Crippen LogP contribution is -2.42. The third kappa shape index (κ3) is 9.97. The number of H-pyrrole nitrogens is 1. The van der Waals surface area contributed by atoms with Gasteiger partial charge in [0.15, 0.2) is 0 Å². The largest absolute Gasteiger partial charge is 0.506 e. The number of nitrogens with zero attached hydrogens (tertiary/aromatic N) is 1. The summed E-state index contributed by atoms with van der Waals surface area (Å²) in [5.41, 5.74) is -1.06. The Morgan fingerprint density at radius 2 is 1.69 bits per heavy atom. The van der Waals surface area contributed by atoms with Crippen molar-refractivity contribution in [2.45, 2.75) is 75.2 Å². The summed E-state index contributed by atoms with van der Waals surface area (Å²) < 4.78 is 11.8. The van der Waals surface area contributed by atoms with Gasteiger partial charge in [-0.1, -0.05) is 31.0 Å². The maximum atomic E-state index is 13.3. The molecule has 268 valence electrons. The molecule has 0 amide bonds. The van der Waals surface area contributed by atoms with Crippen LogP contribution in [0.3, 0.4) is 0 Å². The number of halogens is 1. The Morgan fingerprint density at radius 1 is 1.00 bits per heavy atom. The van der Waals surface area contributed by atoms with Gasteiger partial charge in [-0.25, -0.2) is 4.79 Å². The van der Waals surface area contributed by atoms with Crippen molar-refractivity contribution in [1.29, 1.82) is 0 Å². The fourth-order valence-corrected chi connectivity index (χ4v) is 8.05. The molecule has 4 aromatic rings. The zero-order chi connectivity index (χ0) is 33.9. The molecule has 1 aliphatic carbocycles. The molecule has 1 aromatic carbocycles. The highest BCUT2D eigenvalue weighted by Crippen LogP contribution is 2.38. The van der Waals surface area contributed by atoms with E-state index in [1.54, 1.807) is 24.3 Å². The lowest BCUT2D eigenvalue weighted by molar-refractivity contribution is -0.169. The highest BCUT2D eigenvalue weighted by atomic mass is 32.1. The zero-order valence-electron chi connectivity index (χ0n) is 27.8. The Morgan fingerprint density at radius 3 is 2.37 bits per heavy atom. The molecule has 0 saturated heterocycles. The summed E-state index contributed by atoms with van der Waals surface area (Å²) in [6.07, 6.45) is 6.61. The number of hydrogen-bond acceptors (Lipinski definition) is 11.